The van der Waals surface area contributed by atoms with Crippen molar-refractivity contribution >= 4 is 17.7 Å². The summed E-state index contributed by atoms with van der Waals surface area (Å²) in [5.41, 5.74) is 1.03. The molecule has 0 saturated heterocycles. The maximum Gasteiger partial charge on any atom is 0.309 e. The number of nitrogens with one attached hydrogen (secondary N) is 1. The molecule has 0 saturated carbocycles. The van der Waals surface area contributed by atoms with Crippen LogP contribution in [0.5, 0.6) is 5.75 Å². The molecule has 2 aliphatic rings. The van der Waals surface area contributed by atoms with Gasteiger partial charge in [0.05, 0.1) is 19.1 Å². The van der Waals surface area contributed by atoms with Gasteiger partial charge in [0.2, 0.25) is 5.91 Å². The number of carbonyl (C=O) groups excluding carboxylic acids is 3. The minimum Gasteiger partial charge on any atom is -0.490 e. The molecule has 0 spiro atoms. The molecule has 2 bridgehead atoms. The molecule has 1 aromatic carbocycles. The van der Waals surface area contributed by atoms with E-state index in [1.54, 1.807) is 0 Å². The van der Waals surface area contributed by atoms with Crippen LogP contribution in [0.1, 0.15) is 45.6 Å². The smallest absolute Gasteiger partial charge is 0.309 e. The molecule has 0 aromatic heterocycles. The van der Waals surface area contributed by atoms with E-state index in [4.69, 9.17) is 9.47 Å². The van der Waals surface area contributed by atoms with Crippen LogP contribution in [0.4, 0.5) is 0 Å². The zero-order chi connectivity index (χ0) is 22.1. The molecule has 0 unspecified atom stereocenters. The first-order valence-corrected chi connectivity index (χ1v) is 10.6. The van der Waals surface area contributed by atoms with E-state index in [2.05, 4.69) is 5.32 Å². The number of allylic oxidation sites excluding steroid dienone is 1. The van der Waals surface area contributed by atoms with Crippen molar-refractivity contribution in [1.82, 2.24) is 5.32 Å². The molecule has 1 amide bonds. The lowest BCUT2D eigenvalue weighted by Crippen LogP contribution is -2.45. The summed E-state index contributed by atoms with van der Waals surface area (Å²) in [4.78, 5) is 38.0. The number of benzene rings is 1. The normalized spacial score (nSPS) is 23.6. The largest absolute Gasteiger partial charge is 0.490 e. The van der Waals surface area contributed by atoms with Gasteiger partial charge in [-0.1, -0.05) is 45.1 Å². The fourth-order valence-corrected chi connectivity index (χ4v) is 3.51. The Morgan fingerprint density at radius 2 is 1.87 bits per heavy atom. The number of esters is 1. The molecule has 30 heavy (non-hydrogen) atoms. The van der Waals surface area contributed by atoms with Crippen LogP contribution in [-0.2, 0) is 25.5 Å². The third kappa shape index (κ3) is 7.32. The Bertz CT molecular complexity index is 753. The van der Waals surface area contributed by atoms with Gasteiger partial charge in [0.25, 0.3) is 0 Å². The quantitative estimate of drug-likeness (QED) is 0.604. The molecule has 164 valence electrons. The lowest BCUT2D eigenvalue weighted by molar-refractivity contribution is -0.147. The molecule has 2 aliphatic heterocycles. The van der Waals surface area contributed by atoms with E-state index in [1.807, 2.05) is 57.2 Å². The van der Waals surface area contributed by atoms with Crippen molar-refractivity contribution in [3.05, 3.63) is 42.0 Å². The van der Waals surface area contributed by atoms with Gasteiger partial charge in [-0.15, -0.1) is 0 Å². The summed E-state index contributed by atoms with van der Waals surface area (Å²) in [5.74, 6) is -0.632. The van der Waals surface area contributed by atoms with Gasteiger partial charge in [-0.25, -0.2) is 0 Å². The molecule has 6 nitrogen and oxygen atoms in total. The van der Waals surface area contributed by atoms with Crippen molar-refractivity contribution in [1.29, 1.82) is 0 Å². The molecular weight excluding hydrogens is 382 g/mol. The molecule has 2 heterocycles. The molecule has 6 heteroatoms. The minimum atomic E-state index is -0.613. The van der Waals surface area contributed by atoms with Gasteiger partial charge in [-0.2, -0.15) is 0 Å². The molecule has 0 fully saturated rings. The summed E-state index contributed by atoms with van der Waals surface area (Å²) in [6, 6.07) is 7.05. The number of fused-ring (bicyclic) bond motifs is 13. The van der Waals surface area contributed by atoms with E-state index >= 15 is 0 Å². The van der Waals surface area contributed by atoms with Crippen LogP contribution in [0.2, 0.25) is 0 Å². The summed E-state index contributed by atoms with van der Waals surface area (Å²) in [6.45, 7) is 6.24. The Balaban J connectivity index is 2.28. The van der Waals surface area contributed by atoms with E-state index in [0.717, 1.165) is 11.3 Å². The molecule has 0 aliphatic carbocycles. The SMILES string of the molecule is COC(=O)[C@@H]1CC=CCOc2ccc(cc2)C[C@H](C)C(=O)N[C@@H](CC(C)C)C(=O)C1. The molecular formula is C24H33NO5. The van der Waals surface area contributed by atoms with Crippen LogP contribution in [0, 0.1) is 17.8 Å². The van der Waals surface area contributed by atoms with Crippen molar-refractivity contribution < 1.29 is 23.9 Å². The van der Waals surface area contributed by atoms with Gasteiger partial charge in [0, 0.05) is 12.3 Å². The van der Waals surface area contributed by atoms with Crippen LogP contribution in [0.3, 0.4) is 0 Å². The Morgan fingerprint density at radius 1 is 1.17 bits per heavy atom. The molecule has 3 atom stereocenters. The van der Waals surface area contributed by atoms with E-state index in [1.165, 1.54) is 7.11 Å². The summed E-state index contributed by atoms with van der Waals surface area (Å²) in [5, 5.41) is 2.93. The summed E-state index contributed by atoms with van der Waals surface area (Å²) in [7, 11) is 1.32. The number of ether oxygens (including phenoxy) is 2. The Hall–Kier alpha value is -2.63. The minimum absolute atomic E-state index is 0.0295. The van der Waals surface area contributed by atoms with Gasteiger partial charge in [0.15, 0.2) is 5.78 Å². The van der Waals surface area contributed by atoms with Crippen molar-refractivity contribution in [2.24, 2.45) is 17.8 Å². The lowest BCUT2D eigenvalue weighted by atomic mass is 9.91. The van der Waals surface area contributed by atoms with Crippen molar-refractivity contribution in [2.75, 3.05) is 13.7 Å². The Labute approximate surface area is 179 Å². The number of rotatable bonds is 3. The highest BCUT2D eigenvalue weighted by atomic mass is 16.5. The highest BCUT2D eigenvalue weighted by Crippen LogP contribution is 2.19. The zero-order valence-electron chi connectivity index (χ0n) is 18.4. The van der Waals surface area contributed by atoms with E-state index in [0.29, 0.717) is 25.9 Å². The second-order valence-electron chi connectivity index (χ2n) is 8.35. The Kier molecular flexibility index (Phi) is 9.09. The second kappa shape index (κ2) is 11.5. The van der Waals surface area contributed by atoms with Gasteiger partial charge in [-0.05, 0) is 42.9 Å². The molecule has 1 N–H and O–H groups in total. The molecule has 0 radical (unpaired) electrons. The number of ketones is 1. The lowest BCUT2D eigenvalue weighted by Gasteiger charge is -2.23. The summed E-state index contributed by atoms with van der Waals surface area (Å²) in [6.07, 6.45) is 5.17. The Morgan fingerprint density at radius 3 is 2.50 bits per heavy atom. The number of methoxy groups -OCH3 is 1. The maximum atomic E-state index is 13.0. The summed E-state index contributed by atoms with van der Waals surface area (Å²) < 4.78 is 10.6. The highest BCUT2D eigenvalue weighted by Gasteiger charge is 2.29. The zero-order valence-corrected chi connectivity index (χ0v) is 18.4. The predicted octanol–water partition coefficient (Wildman–Crippen LogP) is 3.48. The number of Topliss-reactive ketones (excluding diaryl/α,β-unsaturated/α-hetero) is 1. The standard InChI is InChI=1S/C24H33NO5/c1-16(2)13-21-22(26)15-19(24(28)29-4)7-5-6-12-30-20-10-8-18(9-11-20)14-17(3)23(27)25-21/h5-6,8-11,16-17,19,21H,7,12-15H2,1-4H3,(H,25,27)/t17-,19+,21-/m0/s1. The van der Waals surface area contributed by atoms with Gasteiger partial charge < -0.3 is 14.8 Å². The van der Waals surface area contributed by atoms with Gasteiger partial charge in [0.1, 0.15) is 12.4 Å². The third-order valence-electron chi connectivity index (χ3n) is 5.24. The summed E-state index contributed by atoms with van der Waals surface area (Å²) >= 11 is 0. The van der Waals surface area contributed by atoms with Crippen LogP contribution < -0.4 is 10.1 Å². The number of hydrogen-bond acceptors (Lipinski definition) is 5. The second-order valence-corrected chi connectivity index (χ2v) is 8.35. The first kappa shape index (κ1) is 23.6. The predicted molar refractivity (Wildman–Crippen MR) is 115 cm³/mol. The number of amides is 1. The van der Waals surface area contributed by atoms with Gasteiger partial charge in [-0.3, -0.25) is 14.4 Å². The van der Waals surface area contributed by atoms with Crippen LogP contribution in [0.25, 0.3) is 0 Å². The van der Waals surface area contributed by atoms with E-state index in [9.17, 15) is 14.4 Å². The van der Waals surface area contributed by atoms with Crippen molar-refractivity contribution in [2.45, 2.75) is 52.5 Å². The van der Waals surface area contributed by atoms with Crippen LogP contribution in [0.15, 0.2) is 36.4 Å². The molecule has 3 rings (SSSR count). The highest BCUT2D eigenvalue weighted by molar-refractivity contribution is 5.92. The first-order chi connectivity index (χ1) is 14.3. The fraction of sp³-hybridized carbons (Fsp3) is 0.542. The first-order valence-electron chi connectivity index (χ1n) is 10.6. The number of carbonyl (C=O) groups is 3. The van der Waals surface area contributed by atoms with E-state index < -0.39 is 17.9 Å². The van der Waals surface area contributed by atoms with Crippen LogP contribution in [-0.4, -0.2) is 37.4 Å². The maximum absolute atomic E-state index is 13.0. The average molecular weight is 416 g/mol. The third-order valence-corrected chi connectivity index (χ3v) is 5.24. The number of hydrogen-bond donors (Lipinski definition) is 1. The average Bonchev–Trinajstić information content (AvgIpc) is 2.71. The topological polar surface area (TPSA) is 81.7 Å². The van der Waals surface area contributed by atoms with Crippen molar-refractivity contribution in [3.8, 4) is 5.75 Å². The van der Waals surface area contributed by atoms with Crippen molar-refractivity contribution in [3.63, 3.8) is 0 Å². The van der Waals surface area contributed by atoms with Gasteiger partial charge >= 0.3 is 5.97 Å². The monoisotopic (exact) mass is 415 g/mol. The molecule has 1 aromatic rings. The fourth-order valence-electron chi connectivity index (χ4n) is 3.51. The van der Waals surface area contributed by atoms with Crippen LogP contribution >= 0.6 is 0 Å². The van der Waals surface area contributed by atoms with E-state index in [-0.39, 0.29) is 29.9 Å².